The Morgan fingerprint density at radius 3 is 1.66 bits per heavy atom. The third kappa shape index (κ3) is 5.29. The van der Waals surface area contributed by atoms with Gasteiger partial charge < -0.3 is 19.3 Å². The average Bonchev–Trinajstić information content (AvgIpc) is 3.49. The average molecular weight is 446 g/mol. The van der Waals surface area contributed by atoms with Crippen molar-refractivity contribution in [3.8, 4) is 0 Å². The van der Waals surface area contributed by atoms with E-state index in [9.17, 15) is 43.9 Å². The minimum Gasteiger partial charge on any atom is -0.376 e. The molecule has 2 aliphatic rings. The van der Waals surface area contributed by atoms with Crippen LogP contribution in [0.1, 0.15) is 5.56 Å². The second-order valence-electron chi connectivity index (χ2n) is 5.99. The summed E-state index contributed by atoms with van der Waals surface area (Å²) in [5.74, 6) is -11.2. The molecule has 2 heterocycles. The number of epoxide rings is 2. The second-order valence-corrected chi connectivity index (χ2v) is 5.99. The zero-order chi connectivity index (χ0) is 22.2. The van der Waals surface area contributed by atoms with Gasteiger partial charge in [0.1, 0.15) is 12.2 Å². The summed E-state index contributed by atoms with van der Waals surface area (Å²) in [6.45, 7) is 3.26. The quantitative estimate of drug-likeness (QED) is 0.315. The number of hydrogen-bond donors (Lipinski definition) is 1. The maximum absolute atomic E-state index is 13.5. The standard InChI is InChI=1S/C9H2F10O.C6H10O3/c10-3-1-2(4(11)6(13)5(3)12)7(14,8(15,16)17)9(18,19)20;1(5-3-8-5)7-2-6-4-9-6/h1,20H;5-6H,1-4H2. The van der Waals surface area contributed by atoms with Gasteiger partial charge in [-0.2, -0.15) is 22.0 Å². The summed E-state index contributed by atoms with van der Waals surface area (Å²) in [4.78, 5) is 0. The number of halogens is 10. The highest BCUT2D eigenvalue weighted by molar-refractivity contribution is 5.30. The molecule has 0 spiro atoms. The molecule has 0 saturated carbocycles. The van der Waals surface area contributed by atoms with Crippen molar-refractivity contribution in [3.05, 3.63) is 34.9 Å². The van der Waals surface area contributed by atoms with Crippen LogP contribution < -0.4 is 0 Å². The van der Waals surface area contributed by atoms with Crippen LogP contribution in [0.2, 0.25) is 0 Å². The number of hydrogen-bond acceptors (Lipinski definition) is 4. The monoisotopic (exact) mass is 446 g/mol. The van der Waals surface area contributed by atoms with Crippen molar-refractivity contribution in [1.82, 2.24) is 0 Å². The minimum atomic E-state index is -6.65. The molecular weight excluding hydrogens is 434 g/mol. The molecule has 0 aromatic heterocycles. The Morgan fingerprint density at radius 1 is 0.862 bits per heavy atom. The van der Waals surface area contributed by atoms with Crippen LogP contribution in [0.25, 0.3) is 0 Å². The molecular formula is C15H12F10O4. The maximum atomic E-state index is 13.5. The minimum absolute atomic E-state index is 0.392. The third-order valence-corrected chi connectivity index (χ3v) is 3.69. The Balaban J connectivity index is 0.000000272. The fraction of sp³-hybridized carbons (Fsp3) is 0.600. The highest BCUT2D eigenvalue weighted by atomic mass is 19.4. The zero-order valence-electron chi connectivity index (χ0n) is 14.0. The van der Waals surface area contributed by atoms with Gasteiger partial charge in [-0.05, 0) is 6.07 Å². The van der Waals surface area contributed by atoms with Crippen molar-refractivity contribution in [3.63, 3.8) is 0 Å². The van der Waals surface area contributed by atoms with E-state index in [4.69, 9.17) is 19.3 Å². The van der Waals surface area contributed by atoms with Gasteiger partial charge in [-0.25, -0.2) is 22.0 Å². The van der Waals surface area contributed by atoms with Crippen molar-refractivity contribution < 1.29 is 63.2 Å². The van der Waals surface area contributed by atoms with Crippen LogP contribution in [0.4, 0.5) is 43.9 Å². The number of rotatable bonds is 6. The van der Waals surface area contributed by atoms with Gasteiger partial charge in [0.2, 0.25) is 0 Å². The van der Waals surface area contributed by atoms with Crippen molar-refractivity contribution in [2.45, 2.75) is 30.2 Å². The molecule has 0 aliphatic carbocycles. The molecule has 0 radical (unpaired) electrons. The molecule has 2 fully saturated rings. The van der Waals surface area contributed by atoms with Gasteiger partial charge >= 0.3 is 18.0 Å². The smallest absolute Gasteiger partial charge is 0.376 e. The Labute approximate surface area is 156 Å². The third-order valence-electron chi connectivity index (χ3n) is 3.69. The number of benzene rings is 1. The molecule has 0 amide bonds. The van der Waals surface area contributed by atoms with E-state index >= 15 is 0 Å². The Kier molecular flexibility index (Phi) is 6.72. The lowest BCUT2D eigenvalue weighted by molar-refractivity contribution is -0.376. The Hall–Kier alpha value is -1.64. The van der Waals surface area contributed by atoms with Crippen molar-refractivity contribution in [1.29, 1.82) is 0 Å². The van der Waals surface area contributed by atoms with Gasteiger partial charge in [0, 0.05) is 5.56 Å². The van der Waals surface area contributed by atoms with E-state index in [2.05, 4.69) is 0 Å². The molecule has 4 nitrogen and oxygen atoms in total. The molecule has 29 heavy (non-hydrogen) atoms. The van der Waals surface area contributed by atoms with Crippen LogP contribution in [0.3, 0.4) is 0 Å². The topological polar surface area (TPSA) is 54.5 Å². The summed E-state index contributed by atoms with van der Waals surface area (Å²) in [5.41, 5.74) is -9.09. The molecule has 2 aliphatic heterocycles. The Morgan fingerprint density at radius 2 is 1.31 bits per heavy atom. The van der Waals surface area contributed by atoms with Gasteiger partial charge in [0.25, 0.3) is 0 Å². The summed E-state index contributed by atoms with van der Waals surface area (Å²) in [5, 5.41) is 7.97. The predicted molar refractivity (Wildman–Crippen MR) is 72.6 cm³/mol. The maximum Gasteiger partial charge on any atom is 0.435 e. The lowest BCUT2D eigenvalue weighted by Gasteiger charge is -2.31. The molecule has 14 heteroatoms. The lowest BCUT2D eigenvalue weighted by Crippen LogP contribution is -2.53. The van der Waals surface area contributed by atoms with Gasteiger partial charge in [-0.15, -0.1) is 0 Å². The first kappa shape index (κ1) is 23.6. The molecule has 1 N–H and O–H groups in total. The molecule has 0 bridgehead atoms. The molecule has 1 aromatic carbocycles. The van der Waals surface area contributed by atoms with E-state index in [1.807, 2.05) is 0 Å². The fourth-order valence-corrected chi connectivity index (χ4v) is 1.97. The van der Waals surface area contributed by atoms with Crippen molar-refractivity contribution in [2.75, 3.05) is 26.4 Å². The fourth-order valence-electron chi connectivity index (χ4n) is 1.97. The van der Waals surface area contributed by atoms with Crippen LogP contribution in [-0.4, -0.2) is 56.0 Å². The van der Waals surface area contributed by atoms with Crippen LogP contribution in [0, 0.1) is 23.3 Å². The van der Waals surface area contributed by atoms with Crippen LogP contribution in [0.5, 0.6) is 0 Å². The first-order chi connectivity index (χ1) is 13.2. The molecule has 3 rings (SSSR count). The molecule has 2 saturated heterocycles. The largest absolute Gasteiger partial charge is 0.435 e. The molecule has 166 valence electrons. The summed E-state index contributed by atoms with van der Waals surface area (Å²) in [6.07, 6.45) is -12.1. The van der Waals surface area contributed by atoms with Crippen LogP contribution in [0.15, 0.2) is 6.07 Å². The van der Waals surface area contributed by atoms with Gasteiger partial charge in [0.05, 0.1) is 26.4 Å². The SMILES string of the molecule is C(OCC1CO1)C1CO1.OC(F)(F)C(F)(c1cc(F)c(F)c(F)c1F)C(F)(F)F. The van der Waals surface area contributed by atoms with Crippen molar-refractivity contribution >= 4 is 0 Å². The first-order valence-corrected chi connectivity index (χ1v) is 7.70. The highest BCUT2D eigenvalue weighted by Crippen LogP contribution is 2.52. The molecule has 1 aromatic rings. The normalized spacial score (nSPS) is 23.1. The van der Waals surface area contributed by atoms with E-state index < -0.39 is 52.9 Å². The van der Waals surface area contributed by atoms with E-state index in [0.717, 1.165) is 26.4 Å². The lowest BCUT2D eigenvalue weighted by atomic mass is 9.92. The zero-order valence-corrected chi connectivity index (χ0v) is 14.0. The van der Waals surface area contributed by atoms with Gasteiger partial charge in [-0.3, -0.25) is 0 Å². The highest BCUT2D eigenvalue weighted by Gasteiger charge is 2.73. The number of ether oxygens (including phenoxy) is 3. The second kappa shape index (κ2) is 8.24. The Bertz CT molecular complexity index is 699. The molecule has 3 unspecified atom stereocenters. The van der Waals surface area contributed by atoms with E-state index in [1.165, 1.54) is 0 Å². The summed E-state index contributed by atoms with van der Waals surface area (Å²) >= 11 is 0. The predicted octanol–water partition coefficient (Wildman–Crippen LogP) is 3.36. The summed E-state index contributed by atoms with van der Waals surface area (Å²) in [6, 6.07) is -0.953. The van der Waals surface area contributed by atoms with Crippen molar-refractivity contribution in [2.24, 2.45) is 0 Å². The van der Waals surface area contributed by atoms with Gasteiger partial charge in [0.15, 0.2) is 23.3 Å². The van der Waals surface area contributed by atoms with E-state index in [-0.39, 0.29) is 0 Å². The number of aliphatic hydroxyl groups is 1. The number of alkyl halides is 6. The molecule has 3 atom stereocenters. The van der Waals surface area contributed by atoms with E-state index in [1.54, 1.807) is 0 Å². The van der Waals surface area contributed by atoms with Gasteiger partial charge in [-0.1, -0.05) is 0 Å². The summed E-state index contributed by atoms with van der Waals surface area (Å²) < 4.78 is 141. The van der Waals surface area contributed by atoms with Crippen LogP contribution in [-0.2, 0) is 19.9 Å². The summed E-state index contributed by atoms with van der Waals surface area (Å²) in [7, 11) is 0. The first-order valence-electron chi connectivity index (χ1n) is 7.70. The van der Waals surface area contributed by atoms with Crippen LogP contribution >= 0.6 is 0 Å². The van der Waals surface area contributed by atoms with E-state index in [0.29, 0.717) is 12.2 Å².